The second-order valence-corrected chi connectivity index (χ2v) is 4.60. The molecule has 1 aliphatic heterocycles. The van der Waals surface area contributed by atoms with Crippen molar-refractivity contribution >= 4 is 6.29 Å². The van der Waals surface area contributed by atoms with Crippen molar-refractivity contribution in [3.8, 4) is 0 Å². The fraction of sp³-hybridized carbons (Fsp3) is 0.909. The highest BCUT2D eigenvalue weighted by atomic mass is 16.1. The van der Waals surface area contributed by atoms with Crippen LogP contribution < -0.4 is 0 Å². The summed E-state index contributed by atoms with van der Waals surface area (Å²) in [5, 5.41) is 0. The predicted molar refractivity (Wildman–Crippen MR) is 52.5 cm³/mol. The first-order valence-electron chi connectivity index (χ1n) is 5.50. The Bertz CT molecular complexity index is 181. The normalized spacial score (nSPS) is 28.7. The van der Waals surface area contributed by atoms with Crippen molar-refractivity contribution in [1.29, 1.82) is 0 Å². The minimum atomic E-state index is 0.279. The van der Waals surface area contributed by atoms with E-state index in [1.807, 2.05) is 0 Å². The lowest BCUT2D eigenvalue weighted by molar-refractivity contribution is -0.112. The fourth-order valence-corrected chi connectivity index (χ4v) is 2.36. The van der Waals surface area contributed by atoms with Crippen molar-refractivity contribution in [2.24, 2.45) is 11.8 Å². The second-order valence-electron chi connectivity index (χ2n) is 4.60. The molecule has 0 aromatic carbocycles. The molecule has 2 heteroatoms. The molecule has 2 nitrogen and oxygen atoms in total. The van der Waals surface area contributed by atoms with Crippen molar-refractivity contribution in [2.75, 3.05) is 13.1 Å². The van der Waals surface area contributed by atoms with Gasteiger partial charge < -0.3 is 9.69 Å². The van der Waals surface area contributed by atoms with E-state index in [0.717, 1.165) is 12.3 Å². The third-order valence-corrected chi connectivity index (χ3v) is 3.60. The van der Waals surface area contributed by atoms with Crippen LogP contribution >= 0.6 is 0 Å². The molecule has 0 aromatic rings. The number of rotatable bonds is 3. The van der Waals surface area contributed by atoms with Gasteiger partial charge in [-0.15, -0.1) is 0 Å². The van der Waals surface area contributed by atoms with E-state index in [4.69, 9.17) is 0 Å². The number of carbonyl (C=O) groups excluding carboxylic acids is 1. The maximum atomic E-state index is 10.6. The molecule has 0 aromatic heterocycles. The Hall–Kier alpha value is -0.370. The topological polar surface area (TPSA) is 20.3 Å². The van der Waals surface area contributed by atoms with Crippen molar-refractivity contribution in [3.05, 3.63) is 0 Å². The van der Waals surface area contributed by atoms with Gasteiger partial charge in [0.05, 0.1) is 0 Å². The van der Waals surface area contributed by atoms with Gasteiger partial charge in [0, 0.05) is 12.0 Å². The van der Waals surface area contributed by atoms with Crippen LogP contribution in [-0.2, 0) is 4.79 Å². The molecule has 13 heavy (non-hydrogen) atoms. The van der Waals surface area contributed by atoms with Crippen molar-refractivity contribution < 1.29 is 4.79 Å². The van der Waals surface area contributed by atoms with Crippen molar-refractivity contribution in [3.63, 3.8) is 0 Å². The summed E-state index contributed by atoms with van der Waals surface area (Å²) in [4.78, 5) is 13.2. The Morgan fingerprint density at radius 3 is 2.31 bits per heavy atom. The molecule has 2 rings (SSSR count). The van der Waals surface area contributed by atoms with Crippen LogP contribution in [0, 0.1) is 11.8 Å². The molecule has 2 aliphatic rings. The van der Waals surface area contributed by atoms with E-state index in [0.29, 0.717) is 5.92 Å². The standard InChI is InChI=1S/C11H19NO/c1-9(8-13)10-4-6-12(7-5-10)11-2-3-11/h8-11H,2-7H2,1H3. The summed E-state index contributed by atoms with van der Waals surface area (Å²) in [7, 11) is 0. The van der Waals surface area contributed by atoms with Crippen LogP contribution in [-0.4, -0.2) is 30.3 Å². The van der Waals surface area contributed by atoms with Crippen LogP contribution in [0.1, 0.15) is 32.6 Å². The number of nitrogens with zero attached hydrogens (tertiary/aromatic N) is 1. The quantitative estimate of drug-likeness (QED) is 0.618. The van der Waals surface area contributed by atoms with Gasteiger partial charge >= 0.3 is 0 Å². The zero-order chi connectivity index (χ0) is 9.26. The van der Waals surface area contributed by atoms with Gasteiger partial charge in [-0.25, -0.2) is 0 Å². The van der Waals surface area contributed by atoms with Gasteiger partial charge in [0.15, 0.2) is 0 Å². The molecule has 2 fully saturated rings. The van der Waals surface area contributed by atoms with E-state index < -0.39 is 0 Å². The molecule has 74 valence electrons. The van der Waals surface area contributed by atoms with E-state index in [2.05, 4.69) is 11.8 Å². The first-order valence-corrected chi connectivity index (χ1v) is 5.50. The molecule has 1 aliphatic carbocycles. The zero-order valence-electron chi connectivity index (χ0n) is 8.41. The van der Waals surface area contributed by atoms with E-state index >= 15 is 0 Å². The average Bonchev–Trinajstić information content (AvgIpc) is 3.00. The van der Waals surface area contributed by atoms with Crippen LogP contribution in [0.5, 0.6) is 0 Å². The molecule has 0 N–H and O–H groups in total. The zero-order valence-corrected chi connectivity index (χ0v) is 8.41. The molecule has 1 saturated heterocycles. The molecule has 1 unspecified atom stereocenters. The third kappa shape index (κ3) is 2.11. The summed E-state index contributed by atoms with van der Waals surface area (Å²) < 4.78 is 0. The number of carbonyl (C=O) groups is 1. The van der Waals surface area contributed by atoms with E-state index in [-0.39, 0.29) is 5.92 Å². The summed E-state index contributed by atoms with van der Waals surface area (Å²) in [6.45, 7) is 4.52. The highest BCUT2D eigenvalue weighted by Crippen LogP contribution is 2.32. The summed E-state index contributed by atoms with van der Waals surface area (Å²) >= 11 is 0. The molecule has 0 bridgehead atoms. The van der Waals surface area contributed by atoms with Gasteiger partial charge in [-0.05, 0) is 44.7 Å². The molecular weight excluding hydrogens is 162 g/mol. The smallest absolute Gasteiger partial charge is 0.123 e. The van der Waals surface area contributed by atoms with Crippen LogP contribution in [0.25, 0.3) is 0 Å². The Morgan fingerprint density at radius 2 is 1.85 bits per heavy atom. The van der Waals surface area contributed by atoms with Crippen LogP contribution in [0.4, 0.5) is 0 Å². The summed E-state index contributed by atoms with van der Waals surface area (Å²) in [5.74, 6) is 0.939. The lowest BCUT2D eigenvalue weighted by atomic mass is 9.86. The van der Waals surface area contributed by atoms with E-state index in [1.165, 1.54) is 38.8 Å². The second kappa shape index (κ2) is 3.79. The lowest BCUT2D eigenvalue weighted by Crippen LogP contribution is -2.37. The SMILES string of the molecule is CC(C=O)C1CCN(C2CC2)CC1. The van der Waals surface area contributed by atoms with Gasteiger partial charge in [-0.1, -0.05) is 6.92 Å². The van der Waals surface area contributed by atoms with Gasteiger partial charge in [0.2, 0.25) is 0 Å². The van der Waals surface area contributed by atoms with Gasteiger partial charge in [0.1, 0.15) is 6.29 Å². The van der Waals surface area contributed by atoms with Crippen LogP contribution in [0.15, 0.2) is 0 Å². The maximum Gasteiger partial charge on any atom is 0.123 e. The molecule has 0 radical (unpaired) electrons. The van der Waals surface area contributed by atoms with Gasteiger partial charge in [-0.3, -0.25) is 0 Å². The van der Waals surface area contributed by atoms with Crippen LogP contribution in [0.2, 0.25) is 0 Å². The van der Waals surface area contributed by atoms with Crippen molar-refractivity contribution in [1.82, 2.24) is 4.90 Å². The summed E-state index contributed by atoms with van der Waals surface area (Å²) in [5.41, 5.74) is 0. The van der Waals surface area contributed by atoms with Gasteiger partial charge in [0.25, 0.3) is 0 Å². The highest BCUT2D eigenvalue weighted by Gasteiger charge is 2.32. The van der Waals surface area contributed by atoms with Crippen molar-refractivity contribution in [2.45, 2.75) is 38.6 Å². The monoisotopic (exact) mass is 181 g/mol. The number of piperidine rings is 1. The third-order valence-electron chi connectivity index (χ3n) is 3.60. The average molecular weight is 181 g/mol. The minimum Gasteiger partial charge on any atom is -0.303 e. The number of hydrogen-bond acceptors (Lipinski definition) is 2. The van der Waals surface area contributed by atoms with Crippen LogP contribution in [0.3, 0.4) is 0 Å². The predicted octanol–water partition coefficient (Wildman–Crippen LogP) is 1.70. The molecule has 0 spiro atoms. The highest BCUT2D eigenvalue weighted by molar-refractivity contribution is 5.53. The Morgan fingerprint density at radius 1 is 1.23 bits per heavy atom. The van der Waals surface area contributed by atoms with E-state index in [1.54, 1.807) is 0 Å². The number of likely N-dealkylation sites (tertiary alicyclic amines) is 1. The first kappa shape index (κ1) is 9.20. The maximum absolute atomic E-state index is 10.6. The molecule has 1 atom stereocenters. The Balaban J connectivity index is 1.77. The van der Waals surface area contributed by atoms with Gasteiger partial charge in [-0.2, -0.15) is 0 Å². The summed E-state index contributed by atoms with van der Waals surface area (Å²) in [6, 6.07) is 0.910. The largest absolute Gasteiger partial charge is 0.303 e. The lowest BCUT2D eigenvalue weighted by Gasteiger charge is -2.33. The summed E-state index contributed by atoms with van der Waals surface area (Å²) in [6.07, 6.45) is 6.41. The number of hydrogen-bond donors (Lipinski definition) is 0. The Kier molecular flexibility index (Phi) is 2.68. The molecular formula is C11H19NO. The molecule has 1 heterocycles. The van der Waals surface area contributed by atoms with E-state index in [9.17, 15) is 4.79 Å². The molecule has 1 saturated carbocycles. The minimum absolute atomic E-state index is 0.279. The Labute approximate surface area is 80.3 Å². The fourth-order valence-electron chi connectivity index (χ4n) is 2.36. The number of aldehydes is 1. The molecule has 0 amide bonds. The first-order chi connectivity index (χ1) is 6.31.